The zero-order chi connectivity index (χ0) is 56.6. The van der Waals surface area contributed by atoms with Crippen LogP contribution >= 0.6 is 22.6 Å². The summed E-state index contributed by atoms with van der Waals surface area (Å²) in [5, 5.41) is 8.44. The van der Waals surface area contributed by atoms with Crippen molar-refractivity contribution in [2.75, 3.05) is 92.2 Å². The largest absolute Gasteiger partial charge is 0.467 e. The van der Waals surface area contributed by atoms with Gasteiger partial charge in [0.05, 0.1) is 33.3 Å². The third kappa shape index (κ3) is 32.7. The smallest absolute Gasteiger partial charge is 0.328 e. The Balaban J connectivity index is 2.16. The van der Waals surface area contributed by atoms with Crippen LogP contribution in [0.2, 0.25) is 0 Å². The molecule has 21 heteroatoms. The molecule has 1 saturated heterocycles. The third-order valence-corrected chi connectivity index (χ3v) is 11.9. The Bertz CT molecular complexity index is 1950. The molecule has 0 aromatic heterocycles. The van der Waals surface area contributed by atoms with Gasteiger partial charge in [-0.15, -0.1) is 0 Å². The fourth-order valence-corrected chi connectivity index (χ4v) is 8.16. The van der Waals surface area contributed by atoms with Crippen LogP contribution in [0.25, 0.3) is 0 Å². The number of methoxy groups -OCH3 is 1. The SMILES string of the molecule is COC(=O)[C@@H](CCCCNC(=O)CN1CCN(CC(=O)OC(C)(C)C)CCN(CC(=O)OC(C)(C)C)CCN(CC(=O)OC(C)(C)C)CC1)NC(=O)[C@@H](CCC(=O)OC(C)(C)C)NC(=O)CCCc1ccc(I)cc1. The molecule has 0 aliphatic carbocycles. The predicted octanol–water partition coefficient (Wildman–Crippen LogP) is 4.41. The van der Waals surface area contributed by atoms with Crippen molar-refractivity contribution >= 4 is 70.2 Å². The Morgan fingerprint density at radius 2 is 0.920 bits per heavy atom. The summed E-state index contributed by atoms with van der Waals surface area (Å²) >= 11 is 2.23. The molecule has 1 aliphatic heterocycles. The lowest BCUT2D eigenvalue weighted by atomic mass is 10.1. The molecule has 426 valence electrons. The minimum Gasteiger partial charge on any atom is -0.467 e. The van der Waals surface area contributed by atoms with Crippen molar-refractivity contribution in [3.63, 3.8) is 0 Å². The molecule has 0 bridgehead atoms. The Morgan fingerprint density at radius 1 is 0.507 bits per heavy atom. The Labute approximate surface area is 460 Å². The van der Waals surface area contributed by atoms with E-state index in [9.17, 15) is 38.4 Å². The van der Waals surface area contributed by atoms with E-state index < -0.39 is 64.3 Å². The van der Waals surface area contributed by atoms with Crippen molar-refractivity contribution in [2.45, 2.75) is 169 Å². The van der Waals surface area contributed by atoms with Gasteiger partial charge in [0.25, 0.3) is 0 Å². The van der Waals surface area contributed by atoms with Crippen LogP contribution in [0.4, 0.5) is 0 Å². The van der Waals surface area contributed by atoms with Crippen LogP contribution in [-0.2, 0) is 68.5 Å². The molecule has 3 N–H and O–H groups in total. The van der Waals surface area contributed by atoms with E-state index >= 15 is 0 Å². The fourth-order valence-electron chi connectivity index (χ4n) is 7.80. The second-order valence-corrected chi connectivity index (χ2v) is 24.3. The van der Waals surface area contributed by atoms with Gasteiger partial charge in [-0.2, -0.15) is 0 Å². The quantitative estimate of drug-likeness (QED) is 0.0563. The molecule has 20 nitrogen and oxygen atoms in total. The summed E-state index contributed by atoms with van der Waals surface area (Å²) in [7, 11) is 1.21. The number of halogens is 1. The van der Waals surface area contributed by atoms with E-state index in [2.05, 4.69) is 38.5 Å². The molecule has 75 heavy (non-hydrogen) atoms. The summed E-state index contributed by atoms with van der Waals surface area (Å²) in [5.41, 5.74) is -1.74. The van der Waals surface area contributed by atoms with Crippen molar-refractivity contribution in [3.05, 3.63) is 33.4 Å². The van der Waals surface area contributed by atoms with Gasteiger partial charge in [-0.3, -0.25) is 53.2 Å². The number of unbranched alkanes of at least 4 members (excludes halogenated alkanes) is 1. The standard InChI is InChI=1S/C54H90IN7O13/c1-51(2,3)72-45(65)25-24-41(57-43(63)19-16-17-39-20-22-40(55)23-21-39)49(69)58-42(50(70)71-13)18-14-15-26-56-44(64)35-59-27-29-60(36-46(66)73-52(4,5)6)31-33-62(38-48(68)75-54(10,11)12)34-32-61(30-28-59)37-47(67)74-53(7,8)9/h20-23,41-42H,14-19,24-38H2,1-13H3,(H,56,64)(H,57,63)(H,58,69)/t41-,42-/m1/s1. The second kappa shape index (κ2) is 32.3. The van der Waals surface area contributed by atoms with Crippen LogP contribution in [0, 0.1) is 3.57 Å². The first kappa shape index (κ1) is 66.7. The first-order valence-electron chi connectivity index (χ1n) is 26.2. The number of ether oxygens (including phenoxy) is 5. The van der Waals surface area contributed by atoms with Crippen LogP contribution in [0.1, 0.15) is 134 Å². The van der Waals surface area contributed by atoms with Crippen molar-refractivity contribution in [1.29, 1.82) is 0 Å². The van der Waals surface area contributed by atoms with Gasteiger partial charge in [-0.1, -0.05) is 12.1 Å². The summed E-state index contributed by atoms with van der Waals surface area (Å²) in [6.45, 7) is 24.8. The molecule has 0 saturated carbocycles. The zero-order valence-electron chi connectivity index (χ0n) is 47.3. The summed E-state index contributed by atoms with van der Waals surface area (Å²) in [5.74, 6) is -3.70. The number of carbonyl (C=O) groups excluding carboxylic acids is 8. The van der Waals surface area contributed by atoms with Crippen LogP contribution in [-0.4, -0.2) is 194 Å². The maximum atomic E-state index is 13.8. The van der Waals surface area contributed by atoms with Gasteiger partial charge in [0.1, 0.15) is 34.5 Å². The fraction of sp³-hybridized carbons (Fsp3) is 0.741. The molecule has 1 heterocycles. The van der Waals surface area contributed by atoms with E-state index in [1.54, 1.807) is 83.1 Å². The summed E-state index contributed by atoms with van der Waals surface area (Å²) in [6.07, 6.45) is 2.15. The Kier molecular flexibility index (Phi) is 28.7. The maximum absolute atomic E-state index is 13.8. The van der Waals surface area contributed by atoms with Crippen molar-refractivity contribution in [2.24, 2.45) is 0 Å². The van der Waals surface area contributed by atoms with E-state index in [1.165, 1.54) is 7.11 Å². The zero-order valence-corrected chi connectivity index (χ0v) is 49.4. The highest BCUT2D eigenvalue weighted by molar-refractivity contribution is 14.1. The lowest BCUT2D eigenvalue weighted by Crippen LogP contribution is -2.52. The van der Waals surface area contributed by atoms with Crippen molar-refractivity contribution in [1.82, 2.24) is 35.6 Å². The molecule has 0 spiro atoms. The Morgan fingerprint density at radius 3 is 1.33 bits per heavy atom. The number of hydrogen-bond donors (Lipinski definition) is 3. The van der Waals surface area contributed by atoms with Crippen LogP contribution in [0.3, 0.4) is 0 Å². The number of benzene rings is 1. The minimum absolute atomic E-state index is 0.00818. The van der Waals surface area contributed by atoms with Gasteiger partial charge in [0, 0.05) is 75.3 Å². The normalized spacial score (nSPS) is 16.0. The van der Waals surface area contributed by atoms with Crippen LogP contribution in [0.5, 0.6) is 0 Å². The van der Waals surface area contributed by atoms with Gasteiger partial charge < -0.3 is 39.6 Å². The molecular formula is C54H90IN7O13. The number of esters is 5. The van der Waals surface area contributed by atoms with Crippen LogP contribution < -0.4 is 16.0 Å². The number of hydrogen-bond acceptors (Lipinski definition) is 17. The summed E-state index contributed by atoms with van der Waals surface area (Å²) in [6, 6.07) is 5.79. The molecular weight excluding hydrogens is 1080 g/mol. The lowest BCUT2D eigenvalue weighted by molar-refractivity contribution is -0.158. The van der Waals surface area contributed by atoms with E-state index in [1.807, 2.05) is 43.9 Å². The molecule has 2 atom stereocenters. The summed E-state index contributed by atoms with van der Waals surface area (Å²) < 4.78 is 28.5. The lowest BCUT2D eigenvalue weighted by Gasteiger charge is -2.34. The van der Waals surface area contributed by atoms with Crippen molar-refractivity contribution in [3.8, 4) is 0 Å². The predicted molar refractivity (Wildman–Crippen MR) is 293 cm³/mol. The van der Waals surface area contributed by atoms with Gasteiger partial charge in [-0.05, 0) is 162 Å². The van der Waals surface area contributed by atoms with Gasteiger partial charge >= 0.3 is 29.8 Å². The number of nitrogens with zero attached hydrogens (tertiary/aromatic N) is 4. The highest BCUT2D eigenvalue weighted by atomic mass is 127. The highest BCUT2D eigenvalue weighted by Gasteiger charge is 2.30. The molecule has 1 fully saturated rings. The number of rotatable bonds is 24. The van der Waals surface area contributed by atoms with E-state index in [4.69, 9.17) is 23.7 Å². The molecule has 1 aromatic carbocycles. The highest BCUT2D eigenvalue weighted by Crippen LogP contribution is 2.15. The first-order valence-corrected chi connectivity index (χ1v) is 27.3. The number of amides is 3. The van der Waals surface area contributed by atoms with E-state index in [0.717, 1.165) is 9.13 Å². The summed E-state index contributed by atoms with van der Waals surface area (Å²) in [4.78, 5) is 113. The van der Waals surface area contributed by atoms with Crippen molar-refractivity contribution < 1.29 is 62.0 Å². The third-order valence-electron chi connectivity index (χ3n) is 11.2. The number of nitrogens with one attached hydrogen (secondary N) is 3. The molecule has 1 aromatic rings. The molecule has 2 rings (SSSR count). The van der Waals surface area contributed by atoms with E-state index in [0.29, 0.717) is 78.0 Å². The monoisotopic (exact) mass is 1170 g/mol. The molecule has 1 aliphatic rings. The van der Waals surface area contributed by atoms with Crippen LogP contribution in [0.15, 0.2) is 24.3 Å². The topological polar surface area (TPSA) is 232 Å². The average molecular weight is 1170 g/mol. The number of aryl methyl sites for hydroxylation is 1. The maximum Gasteiger partial charge on any atom is 0.328 e. The van der Waals surface area contributed by atoms with Gasteiger partial charge in [0.2, 0.25) is 17.7 Å². The second-order valence-electron chi connectivity index (χ2n) is 23.0. The molecule has 0 radical (unpaired) electrons. The Hall–Kier alpha value is -4.45. The first-order chi connectivity index (χ1) is 34.8. The van der Waals surface area contributed by atoms with E-state index in [-0.39, 0.29) is 76.2 Å². The average Bonchev–Trinajstić information content (AvgIpc) is 3.25. The van der Waals surface area contributed by atoms with Gasteiger partial charge in [-0.25, -0.2) is 4.79 Å². The molecule has 0 unspecified atom stereocenters. The van der Waals surface area contributed by atoms with Gasteiger partial charge in [0.15, 0.2) is 0 Å². The molecule has 3 amide bonds. The minimum atomic E-state index is -1.13. The number of carbonyl (C=O) groups is 8.